The fraction of sp³-hybridized carbons (Fsp3) is 0.368. The predicted octanol–water partition coefficient (Wildman–Crippen LogP) is 1.50. The Kier molecular flexibility index (Phi) is 4.82. The lowest BCUT2D eigenvalue weighted by molar-refractivity contribution is -0.121. The van der Waals surface area contributed by atoms with Crippen LogP contribution in [0.15, 0.2) is 36.9 Å². The van der Waals surface area contributed by atoms with Crippen molar-refractivity contribution >= 4 is 11.6 Å². The van der Waals surface area contributed by atoms with Gasteiger partial charge in [-0.15, -0.1) is 0 Å². The summed E-state index contributed by atoms with van der Waals surface area (Å²) in [5.41, 5.74) is 2.71. The Bertz CT molecular complexity index is 980. The van der Waals surface area contributed by atoms with Gasteiger partial charge in [0, 0.05) is 46.1 Å². The van der Waals surface area contributed by atoms with Crippen LogP contribution < -0.4 is 9.64 Å². The first kappa shape index (κ1) is 18.2. The first-order valence-electron chi connectivity index (χ1n) is 9.13. The summed E-state index contributed by atoms with van der Waals surface area (Å²) in [6.07, 6.45) is 6.95. The van der Waals surface area contributed by atoms with Crippen molar-refractivity contribution in [3.05, 3.63) is 48.2 Å². The lowest BCUT2D eigenvalue weighted by Gasteiger charge is -2.33. The zero-order valence-corrected chi connectivity index (χ0v) is 16.2. The van der Waals surface area contributed by atoms with E-state index in [1.807, 2.05) is 39.3 Å². The Morgan fingerprint density at radius 2 is 2.07 bits per heavy atom. The fourth-order valence-electron chi connectivity index (χ4n) is 3.41. The molecule has 28 heavy (non-hydrogen) atoms. The largest absolute Gasteiger partial charge is 0.437 e. The van der Waals surface area contributed by atoms with Crippen LogP contribution in [0.25, 0.3) is 0 Å². The Morgan fingerprint density at radius 1 is 1.21 bits per heavy atom. The number of ether oxygens (including phenoxy) is 1. The molecule has 4 rings (SSSR count). The highest BCUT2D eigenvalue weighted by atomic mass is 16.5. The number of hydrogen-bond donors (Lipinski definition) is 0. The van der Waals surface area contributed by atoms with E-state index in [9.17, 15) is 4.79 Å². The van der Waals surface area contributed by atoms with Gasteiger partial charge in [-0.2, -0.15) is 10.2 Å². The van der Waals surface area contributed by atoms with Gasteiger partial charge in [-0.3, -0.25) is 19.4 Å². The van der Waals surface area contributed by atoms with Crippen LogP contribution in [0.4, 0.5) is 5.69 Å². The molecule has 1 saturated heterocycles. The van der Waals surface area contributed by atoms with Crippen molar-refractivity contribution in [2.75, 3.05) is 24.5 Å². The molecule has 0 aromatic carbocycles. The smallest absolute Gasteiger partial charge is 0.241 e. The summed E-state index contributed by atoms with van der Waals surface area (Å²) < 4.78 is 9.46. The molecule has 0 radical (unpaired) electrons. The molecule has 4 heterocycles. The van der Waals surface area contributed by atoms with E-state index < -0.39 is 0 Å². The van der Waals surface area contributed by atoms with Crippen molar-refractivity contribution in [3.8, 4) is 11.6 Å². The van der Waals surface area contributed by atoms with Crippen LogP contribution >= 0.6 is 0 Å². The second kappa shape index (κ2) is 7.43. The minimum Gasteiger partial charge on any atom is -0.437 e. The highest BCUT2D eigenvalue weighted by Gasteiger charge is 2.28. The first-order valence-corrected chi connectivity index (χ1v) is 9.13. The molecule has 146 valence electrons. The number of aromatic nitrogens is 5. The van der Waals surface area contributed by atoms with Gasteiger partial charge in [0.2, 0.25) is 11.8 Å². The van der Waals surface area contributed by atoms with Crippen LogP contribution in [0.5, 0.6) is 11.6 Å². The number of rotatable bonds is 5. The minimum atomic E-state index is 0.0653. The second-order valence-electron chi connectivity index (χ2n) is 6.91. The molecular formula is C19H23N7O2. The summed E-state index contributed by atoms with van der Waals surface area (Å²) in [6, 6.07) is 3.68. The Balaban J connectivity index is 1.48. The number of piperazine rings is 1. The van der Waals surface area contributed by atoms with Gasteiger partial charge in [-0.25, -0.2) is 4.68 Å². The summed E-state index contributed by atoms with van der Waals surface area (Å²) in [7, 11) is 3.70. The maximum atomic E-state index is 12.7. The summed E-state index contributed by atoms with van der Waals surface area (Å²) in [4.78, 5) is 20.7. The number of anilines is 1. The van der Waals surface area contributed by atoms with E-state index in [4.69, 9.17) is 4.74 Å². The molecule has 1 fully saturated rings. The zero-order valence-electron chi connectivity index (χ0n) is 16.2. The Morgan fingerprint density at radius 3 is 2.75 bits per heavy atom. The van der Waals surface area contributed by atoms with Gasteiger partial charge in [0.15, 0.2) is 0 Å². The van der Waals surface area contributed by atoms with E-state index in [1.165, 1.54) is 0 Å². The van der Waals surface area contributed by atoms with Crippen LogP contribution in [0, 0.1) is 6.92 Å². The fourth-order valence-corrected chi connectivity index (χ4v) is 3.41. The predicted molar refractivity (Wildman–Crippen MR) is 103 cm³/mol. The molecule has 0 unspecified atom stereocenters. The molecular weight excluding hydrogens is 358 g/mol. The topological polar surface area (TPSA) is 81.3 Å². The third-order valence-corrected chi connectivity index (χ3v) is 4.82. The molecule has 3 aromatic rings. The van der Waals surface area contributed by atoms with E-state index in [0.29, 0.717) is 31.3 Å². The van der Waals surface area contributed by atoms with E-state index in [2.05, 4.69) is 20.1 Å². The lowest BCUT2D eigenvalue weighted by atomic mass is 10.2. The highest BCUT2D eigenvalue weighted by Crippen LogP contribution is 2.28. The van der Waals surface area contributed by atoms with Gasteiger partial charge >= 0.3 is 0 Å². The second-order valence-corrected chi connectivity index (χ2v) is 6.91. The van der Waals surface area contributed by atoms with Crippen LogP contribution in [0.3, 0.4) is 0 Å². The first-order chi connectivity index (χ1) is 13.5. The van der Waals surface area contributed by atoms with Gasteiger partial charge in [0.25, 0.3) is 0 Å². The minimum absolute atomic E-state index is 0.0653. The van der Waals surface area contributed by atoms with Crippen molar-refractivity contribution in [2.45, 2.75) is 13.5 Å². The van der Waals surface area contributed by atoms with Crippen molar-refractivity contribution in [1.82, 2.24) is 29.4 Å². The monoisotopic (exact) mass is 381 g/mol. The van der Waals surface area contributed by atoms with Crippen molar-refractivity contribution in [1.29, 1.82) is 0 Å². The van der Waals surface area contributed by atoms with Crippen LogP contribution in [-0.2, 0) is 25.4 Å². The lowest BCUT2D eigenvalue weighted by Crippen LogP contribution is -2.50. The zero-order chi connectivity index (χ0) is 19.7. The molecule has 0 saturated carbocycles. The normalized spacial score (nSPS) is 15.2. The van der Waals surface area contributed by atoms with Crippen molar-refractivity contribution in [2.24, 2.45) is 14.1 Å². The van der Waals surface area contributed by atoms with Crippen LogP contribution in [-0.4, -0.2) is 55.0 Å². The van der Waals surface area contributed by atoms with E-state index >= 15 is 0 Å². The van der Waals surface area contributed by atoms with Crippen LogP contribution in [0.1, 0.15) is 11.3 Å². The SMILES string of the molecule is Cc1nn(C)c(Oc2cccnc2)c1CN1CCN(c2cnn(C)c2)C(=O)C1. The number of pyridine rings is 1. The number of nitrogens with zero attached hydrogens (tertiary/aromatic N) is 7. The number of hydrogen-bond acceptors (Lipinski definition) is 6. The molecule has 0 N–H and O–H groups in total. The summed E-state index contributed by atoms with van der Waals surface area (Å²) in [5, 5.41) is 8.65. The summed E-state index contributed by atoms with van der Waals surface area (Å²) in [5.74, 6) is 1.40. The number of carbonyl (C=O) groups excluding carboxylic acids is 1. The average Bonchev–Trinajstić information content (AvgIpc) is 3.21. The maximum absolute atomic E-state index is 12.7. The maximum Gasteiger partial charge on any atom is 0.241 e. The Hall–Kier alpha value is -3.20. The highest BCUT2D eigenvalue weighted by molar-refractivity contribution is 5.95. The van der Waals surface area contributed by atoms with Gasteiger partial charge in [0.1, 0.15) is 5.75 Å². The molecule has 9 nitrogen and oxygen atoms in total. The quantitative estimate of drug-likeness (QED) is 0.666. The third-order valence-electron chi connectivity index (χ3n) is 4.82. The van der Waals surface area contributed by atoms with Gasteiger partial charge in [-0.1, -0.05) is 0 Å². The van der Waals surface area contributed by atoms with Gasteiger partial charge in [-0.05, 0) is 19.1 Å². The molecule has 1 aliphatic heterocycles. The van der Waals surface area contributed by atoms with Crippen LogP contribution in [0.2, 0.25) is 0 Å². The molecule has 0 aliphatic carbocycles. The average molecular weight is 381 g/mol. The molecule has 3 aromatic heterocycles. The Labute approximate surface area is 163 Å². The standard InChI is InChI=1S/C19H23N7O2/c1-14-17(19(24(3)22-14)28-16-5-4-6-20-10-16)12-25-7-8-26(18(27)13-25)15-9-21-23(2)11-15/h4-6,9-11H,7-8,12-13H2,1-3H3. The molecule has 1 aliphatic rings. The molecule has 1 amide bonds. The van der Waals surface area contributed by atoms with Gasteiger partial charge in [0.05, 0.1) is 35.9 Å². The molecule has 0 atom stereocenters. The molecule has 9 heteroatoms. The van der Waals surface area contributed by atoms with Crippen molar-refractivity contribution in [3.63, 3.8) is 0 Å². The van der Waals surface area contributed by atoms with Crippen molar-refractivity contribution < 1.29 is 9.53 Å². The van der Waals surface area contributed by atoms with E-state index in [0.717, 1.165) is 23.5 Å². The summed E-state index contributed by atoms with van der Waals surface area (Å²) in [6.45, 7) is 4.29. The number of aryl methyl sites for hydroxylation is 3. The number of carbonyl (C=O) groups is 1. The summed E-state index contributed by atoms with van der Waals surface area (Å²) >= 11 is 0. The third kappa shape index (κ3) is 3.61. The molecule has 0 bridgehead atoms. The van der Waals surface area contributed by atoms with E-state index in [-0.39, 0.29) is 5.91 Å². The number of amides is 1. The molecule has 0 spiro atoms. The van der Waals surface area contributed by atoms with Gasteiger partial charge < -0.3 is 9.64 Å². The van der Waals surface area contributed by atoms with E-state index in [1.54, 1.807) is 32.9 Å².